The largest absolute Gasteiger partial charge is 0.325 e. The Kier molecular flexibility index (Phi) is 3.51. The van der Waals surface area contributed by atoms with Crippen molar-refractivity contribution in [1.82, 2.24) is 14.9 Å². The fraction of sp³-hybridized carbons (Fsp3) is 0.769. The molecule has 1 saturated carbocycles. The summed E-state index contributed by atoms with van der Waals surface area (Å²) >= 11 is 0. The Labute approximate surface area is 120 Å². The van der Waals surface area contributed by atoms with E-state index >= 15 is 0 Å². The lowest BCUT2D eigenvalue weighted by molar-refractivity contribution is 0.457. The molecule has 0 aromatic carbocycles. The smallest absolute Gasteiger partial charge is 0.244 e. The molecule has 1 aromatic rings. The quantitative estimate of drug-likeness (QED) is 0.759. The second kappa shape index (κ2) is 4.54. The molecule has 1 aliphatic carbocycles. The van der Waals surface area contributed by atoms with E-state index in [9.17, 15) is 8.42 Å². The summed E-state index contributed by atoms with van der Waals surface area (Å²) in [5, 5.41) is 6.61. The lowest BCUT2D eigenvalue weighted by atomic mass is 10.0. The van der Waals surface area contributed by atoms with E-state index < -0.39 is 10.0 Å². The molecule has 1 heterocycles. The zero-order chi connectivity index (χ0) is 15.3. The summed E-state index contributed by atoms with van der Waals surface area (Å²) in [5.74, 6) is 0.332. The Balaban J connectivity index is 2.16. The fourth-order valence-corrected chi connectivity index (χ4v) is 4.49. The first-order valence-electron chi connectivity index (χ1n) is 6.79. The standard InChI is InChI=1S/C13H24N4O2S/c1-8-11(9(6-14)17-16-8)20(18,19)15-7-10-12(2,3)13(10,4)5/h10,15H,6-7,14H2,1-5H3,(H,16,17). The molecule has 1 aliphatic rings. The molecular formula is C13H24N4O2S. The van der Waals surface area contributed by atoms with Crippen LogP contribution >= 0.6 is 0 Å². The van der Waals surface area contributed by atoms with Crippen molar-refractivity contribution in [3.63, 3.8) is 0 Å². The Bertz CT molecular complexity index is 602. The predicted molar refractivity (Wildman–Crippen MR) is 77.5 cm³/mol. The molecule has 0 saturated heterocycles. The maximum atomic E-state index is 12.4. The minimum Gasteiger partial charge on any atom is -0.325 e. The van der Waals surface area contributed by atoms with Crippen molar-refractivity contribution in [2.45, 2.75) is 46.1 Å². The highest BCUT2D eigenvalue weighted by molar-refractivity contribution is 7.89. The molecule has 0 bridgehead atoms. The second-order valence-electron chi connectivity index (χ2n) is 6.68. The van der Waals surface area contributed by atoms with E-state index in [1.165, 1.54) is 0 Å². The summed E-state index contributed by atoms with van der Waals surface area (Å²) in [5.41, 5.74) is 6.74. The molecule has 114 valence electrons. The molecule has 4 N–H and O–H groups in total. The molecule has 2 rings (SSSR count). The van der Waals surface area contributed by atoms with Gasteiger partial charge in [-0.1, -0.05) is 27.7 Å². The first-order valence-corrected chi connectivity index (χ1v) is 8.27. The van der Waals surface area contributed by atoms with Crippen molar-refractivity contribution in [3.05, 3.63) is 11.4 Å². The maximum absolute atomic E-state index is 12.4. The van der Waals surface area contributed by atoms with Gasteiger partial charge in [0.05, 0.1) is 11.4 Å². The van der Waals surface area contributed by atoms with Gasteiger partial charge in [-0.15, -0.1) is 0 Å². The molecule has 0 amide bonds. The van der Waals surface area contributed by atoms with Gasteiger partial charge in [0.15, 0.2) is 0 Å². The van der Waals surface area contributed by atoms with Crippen LogP contribution in [0.5, 0.6) is 0 Å². The highest BCUT2D eigenvalue weighted by Gasteiger charge is 2.64. The van der Waals surface area contributed by atoms with Crippen LogP contribution in [0.1, 0.15) is 39.1 Å². The van der Waals surface area contributed by atoms with Crippen LogP contribution in [0, 0.1) is 23.7 Å². The molecule has 0 unspecified atom stereocenters. The first kappa shape index (κ1) is 15.5. The zero-order valence-corrected chi connectivity index (χ0v) is 13.6. The van der Waals surface area contributed by atoms with Crippen LogP contribution in [-0.2, 0) is 16.6 Å². The predicted octanol–water partition coefficient (Wildman–Crippen LogP) is 1.14. The first-order chi connectivity index (χ1) is 9.05. The van der Waals surface area contributed by atoms with Crippen LogP contribution in [0.2, 0.25) is 0 Å². The average Bonchev–Trinajstić information content (AvgIpc) is 2.63. The molecule has 0 aliphatic heterocycles. The minimum absolute atomic E-state index is 0.0982. The number of nitrogens with one attached hydrogen (secondary N) is 2. The van der Waals surface area contributed by atoms with Crippen molar-refractivity contribution in [2.24, 2.45) is 22.5 Å². The molecular weight excluding hydrogens is 276 g/mol. The molecule has 0 radical (unpaired) electrons. The van der Waals surface area contributed by atoms with Gasteiger partial charge in [-0.05, 0) is 23.7 Å². The van der Waals surface area contributed by atoms with Gasteiger partial charge in [-0.25, -0.2) is 13.1 Å². The van der Waals surface area contributed by atoms with Crippen molar-refractivity contribution >= 4 is 10.0 Å². The number of hydrogen-bond donors (Lipinski definition) is 3. The van der Waals surface area contributed by atoms with Crippen LogP contribution in [0.4, 0.5) is 0 Å². The van der Waals surface area contributed by atoms with E-state index in [1.807, 2.05) is 0 Å². The van der Waals surface area contributed by atoms with Gasteiger partial charge in [0, 0.05) is 13.1 Å². The van der Waals surface area contributed by atoms with Crippen molar-refractivity contribution in [2.75, 3.05) is 6.54 Å². The normalized spacial score (nSPS) is 21.1. The Morgan fingerprint density at radius 1 is 1.30 bits per heavy atom. The number of aromatic amines is 1. The van der Waals surface area contributed by atoms with Gasteiger partial charge in [0.1, 0.15) is 4.90 Å². The van der Waals surface area contributed by atoms with Crippen LogP contribution in [0.25, 0.3) is 0 Å². The third-order valence-corrected chi connectivity index (χ3v) is 6.85. The van der Waals surface area contributed by atoms with E-state index in [4.69, 9.17) is 5.73 Å². The molecule has 20 heavy (non-hydrogen) atoms. The van der Waals surface area contributed by atoms with E-state index in [2.05, 4.69) is 42.6 Å². The van der Waals surface area contributed by atoms with E-state index in [0.29, 0.717) is 23.9 Å². The lowest BCUT2D eigenvalue weighted by Gasteiger charge is -2.08. The van der Waals surface area contributed by atoms with Gasteiger partial charge in [0.2, 0.25) is 10.0 Å². The lowest BCUT2D eigenvalue weighted by Crippen LogP contribution is -2.28. The Hall–Kier alpha value is -0.920. The molecule has 0 spiro atoms. The number of nitrogens with two attached hydrogens (primary N) is 1. The van der Waals surface area contributed by atoms with Crippen LogP contribution < -0.4 is 10.5 Å². The summed E-state index contributed by atoms with van der Waals surface area (Å²) in [6.45, 7) is 10.9. The number of hydrogen-bond acceptors (Lipinski definition) is 4. The van der Waals surface area contributed by atoms with E-state index in [-0.39, 0.29) is 22.3 Å². The van der Waals surface area contributed by atoms with E-state index in [0.717, 1.165) is 0 Å². The number of aromatic nitrogens is 2. The third-order valence-electron chi connectivity index (χ3n) is 5.22. The van der Waals surface area contributed by atoms with E-state index in [1.54, 1.807) is 6.92 Å². The highest BCUT2D eigenvalue weighted by Crippen LogP contribution is 2.67. The SMILES string of the molecule is Cc1[nH]nc(CN)c1S(=O)(=O)NCC1C(C)(C)C1(C)C. The van der Waals surface area contributed by atoms with Gasteiger partial charge in [0.25, 0.3) is 0 Å². The van der Waals surface area contributed by atoms with Gasteiger partial charge in [-0.3, -0.25) is 5.10 Å². The number of rotatable bonds is 5. The van der Waals surface area contributed by atoms with Crippen molar-refractivity contribution in [1.29, 1.82) is 0 Å². The maximum Gasteiger partial charge on any atom is 0.244 e. The molecule has 1 aromatic heterocycles. The summed E-state index contributed by atoms with van der Waals surface area (Å²) in [4.78, 5) is 0.191. The van der Waals surface area contributed by atoms with Gasteiger partial charge < -0.3 is 5.73 Å². The molecule has 6 nitrogen and oxygen atoms in total. The topological polar surface area (TPSA) is 101 Å². The summed E-state index contributed by atoms with van der Waals surface area (Å²) in [7, 11) is -3.57. The molecule has 0 atom stereocenters. The number of H-pyrrole nitrogens is 1. The monoisotopic (exact) mass is 300 g/mol. The minimum atomic E-state index is -3.57. The molecule has 1 fully saturated rings. The van der Waals surface area contributed by atoms with Crippen LogP contribution in [-0.4, -0.2) is 25.2 Å². The van der Waals surface area contributed by atoms with Gasteiger partial charge in [-0.2, -0.15) is 5.10 Å². The summed E-state index contributed by atoms with van der Waals surface area (Å²) < 4.78 is 27.5. The Morgan fingerprint density at radius 2 is 1.85 bits per heavy atom. The summed E-state index contributed by atoms with van der Waals surface area (Å²) in [6, 6.07) is 0. The third kappa shape index (κ3) is 2.17. The van der Waals surface area contributed by atoms with Crippen LogP contribution in [0.3, 0.4) is 0 Å². The van der Waals surface area contributed by atoms with Crippen molar-refractivity contribution in [3.8, 4) is 0 Å². The number of nitrogens with zero attached hydrogens (tertiary/aromatic N) is 1. The average molecular weight is 300 g/mol. The fourth-order valence-electron chi connectivity index (χ4n) is 3.07. The molecule has 7 heteroatoms. The Morgan fingerprint density at radius 3 is 2.30 bits per heavy atom. The number of aryl methyl sites for hydroxylation is 1. The second-order valence-corrected chi connectivity index (χ2v) is 8.38. The van der Waals surface area contributed by atoms with Crippen molar-refractivity contribution < 1.29 is 8.42 Å². The summed E-state index contributed by atoms with van der Waals surface area (Å²) in [6.07, 6.45) is 0. The zero-order valence-electron chi connectivity index (χ0n) is 12.7. The highest BCUT2D eigenvalue weighted by atomic mass is 32.2. The van der Waals surface area contributed by atoms with Crippen LogP contribution in [0.15, 0.2) is 4.90 Å². The number of sulfonamides is 1. The van der Waals surface area contributed by atoms with Gasteiger partial charge >= 0.3 is 0 Å².